The summed E-state index contributed by atoms with van der Waals surface area (Å²) < 4.78 is 30.0. The summed E-state index contributed by atoms with van der Waals surface area (Å²) in [5.41, 5.74) is 1.34. The second-order valence-corrected chi connectivity index (χ2v) is 4.68. The van der Waals surface area contributed by atoms with Crippen LogP contribution >= 0.6 is 0 Å². The van der Waals surface area contributed by atoms with Crippen molar-refractivity contribution in [2.24, 2.45) is 0 Å². The topological polar surface area (TPSA) is 44.8 Å². The Bertz CT molecular complexity index is 689. The van der Waals surface area contributed by atoms with Crippen LogP contribution in [0.4, 0.5) is 4.39 Å². The van der Waals surface area contributed by atoms with Crippen molar-refractivity contribution < 1.29 is 23.4 Å². The van der Waals surface area contributed by atoms with Gasteiger partial charge in [-0.15, -0.1) is 0 Å². The molecule has 0 aromatic heterocycles. The lowest BCUT2D eigenvalue weighted by atomic mass is 10.1. The molecule has 0 saturated heterocycles. The molecule has 0 aliphatic carbocycles. The van der Waals surface area contributed by atoms with Crippen LogP contribution in [0.3, 0.4) is 0 Å². The molecule has 1 heterocycles. The first-order valence-electron chi connectivity index (χ1n) is 6.69. The molecule has 2 aromatic carbocycles. The maximum Gasteiger partial charge on any atom is 0.269 e. The number of halogens is 1. The van der Waals surface area contributed by atoms with Crippen molar-refractivity contribution in [3.63, 3.8) is 0 Å². The average Bonchev–Trinajstić information content (AvgIpc) is 3.08. The molecule has 3 rings (SSSR count). The summed E-state index contributed by atoms with van der Waals surface area (Å²) in [7, 11) is 0. The van der Waals surface area contributed by atoms with Crippen molar-refractivity contribution in [3.05, 3.63) is 77.5 Å². The van der Waals surface area contributed by atoms with Gasteiger partial charge in [-0.3, -0.25) is 4.79 Å². The molecule has 0 N–H and O–H groups in total. The van der Waals surface area contributed by atoms with Crippen LogP contribution in [-0.4, -0.2) is 6.29 Å². The van der Waals surface area contributed by atoms with Crippen LogP contribution < -0.4 is 4.74 Å². The van der Waals surface area contributed by atoms with E-state index in [2.05, 4.69) is 0 Å². The summed E-state index contributed by atoms with van der Waals surface area (Å²) in [6, 6.07) is 12.0. The SMILES string of the molecule is O=Cc1cc(C2OC=CO2)c(OCc2ccccc2)cc1F. The number of ether oxygens (including phenoxy) is 3. The maximum absolute atomic E-state index is 13.8. The first-order valence-corrected chi connectivity index (χ1v) is 6.69. The molecular formula is C17H13FO4. The van der Waals surface area contributed by atoms with Gasteiger partial charge in [0.15, 0.2) is 6.29 Å². The zero-order valence-electron chi connectivity index (χ0n) is 11.6. The van der Waals surface area contributed by atoms with Crippen LogP contribution in [0.15, 0.2) is 55.0 Å². The van der Waals surface area contributed by atoms with Gasteiger partial charge in [0.2, 0.25) is 0 Å². The minimum atomic E-state index is -0.745. The van der Waals surface area contributed by atoms with E-state index in [1.807, 2.05) is 30.3 Å². The number of carbonyl (C=O) groups excluding carboxylic acids is 1. The number of aldehydes is 1. The maximum atomic E-state index is 13.8. The molecule has 1 aliphatic rings. The summed E-state index contributed by atoms with van der Waals surface area (Å²) >= 11 is 0. The minimum Gasteiger partial charge on any atom is -0.488 e. The van der Waals surface area contributed by atoms with Crippen molar-refractivity contribution in [1.29, 1.82) is 0 Å². The zero-order valence-corrected chi connectivity index (χ0v) is 11.6. The quantitative estimate of drug-likeness (QED) is 0.789. The third kappa shape index (κ3) is 2.93. The standard InChI is InChI=1S/C17H13FO4/c18-15-9-16(22-11-12-4-2-1-3-5-12)14(8-13(15)10-19)17-20-6-7-21-17/h1-10,17H,11H2. The minimum absolute atomic E-state index is 0.0684. The summed E-state index contributed by atoms with van der Waals surface area (Å²) in [5.74, 6) is -0.367. The number of benzene rings is 2. The smallest absolute Gasteiger partial charge is 0.269 e. The highest BCUT2D eigenvalue weighted by molar-refractivity contribution is 5.76. The van der Waals surface area contributed by atoms with E-state index in [4.69, 9.17) is 14.2 Å². The Hall–Kier alpha value is -2.82. The molecule has 0 spiro atoms. The lowest BCUT2D eigenvalue weighted by Crippen LogP contribution is -2.06. The molecule has 0 bridgehead atoms. The average molecular weight is 300 g/mol. The largest absolute Gasteiger partial charge is 0.488 e. The van der Waals surface area contributed by atoms with Gasteiger partial charge >= 0.3 is 0 Å². The predicted octanol–water partition coefficient (Wildman–Crippen LogP) is 3.73. The van der Waals surface area contributed by atoms with E-state index >= 15 is 0 Å². The van der Waals surface area contributed by atoms with Crippen LogP contribution in [0.1, 0.15) is 27.8 Å². The Kier molecular flexibility index (Phi) is 4.05. The number of hydrogen-bond acceptors (Lipinski definition) is 4. The van der Waals surface area contributed by atoms with Gasteiger partial charge in [-0.2, -0.15) is 0 Å². The molecule has 22 heavy (non-hydrogen) atoms. The Morgan fingerprint density at radius 1 is 1.14 bits per heavy atom. The fourth-order valence-electron chi connectivity index (χ4n) is 2.11. The molecule has 5 heteroatoms. The monoisotopic (exact) mass is 300 g/mol. The van der Waals surface area contributed by atoms with Crippen LogP contribution in [0.5, 0.6) is 5.75 Å². The highest BCUT2D eigenvalue weighted by Crippen LogP contribution is 2.34. The normalized spacial score (nSPS) is 13.5. The van der Waals surface area contributed by atoms with E-state index in [9.17, 15) is 9.18 Å². The molecule has 0 amide bonds. The van der Waals surface area contributed by atoms with Crippen molar-refractivity contribution >= 4 is 6.29 Å². The Morgan fingerprint density at radius 3 is 2.55 bits per heavy atom. The van der Waals surface area contributed by atoms with Crippen molar-refractivity contribution in [2.45, 2.75) is 12.9 Å². The number of carbonyl (C=O) groups is 1. The van der Waals surface area contributed by atoms with E-state index < -0.39 is 12.1 Å². The summed E-state index contributed by atoms with van der Waals surface area (Å²) in [5, 5.41) is 0. The van der Waals surface area contributed by atoms with Crippen LogP contribution in [0, 0.1) is 5.82 Å². The molecule has 0 unspecified atom stereocenters. The molecule has 1 aliphatic heterocycles. The zero-order chi connectivity index (χ0) is 15.4. The van der Waals surface area contributed by atoms with Gasteiger partial charge in [-0.1, -0.05) is 30.3 Å². The van der Waals surface area contributed by atoms with E-state index in [0.717, 1.165) is 5.56 Å². The third-order valence-corrected chi connectivity index (χ3v) is 3.21. The second-order valence-electron chi connectivity index (χ2n) is 4.68. The molecule has 112 valence electrons. The van der Waals surface area contributed by atoms with Crippen molar-refractivity contribution in [2.75, 3.05) is 0 Å². The summed E-state index contributed by atoms with van der Waals surface area (Å²) in [4.78, 5) is 10.9. The fraction of sp³-hybridized carbons (Fsp3) is 0.118. The Balaban J connectivity index is 1.87. The predicted molar refractivity (Wildman–Crippen MR) is 76.6 cm³/mol. The van der Waals surface area contributed by atoms with Gasteiger partial charge in [0.1, 0.15) is 30.7 Å². The highest BCUT2D eigenvalue weighted by atomic mass is 19.1. The van der Waals surface area contributed by atoms with Crippen molar-refractivity contribution in [1.82, 2.24) is 0 Å². The molecule has 0 radical (unpaired) electrons. The number of hydrogen-bond donors (Lipinski definition) is 0. The van der Waals surface area contributed by atoms with Gasteiger partial charge < -0.3 is 14.2 Å². The lowest BCUT2D eigenvalue weighted by molar-refractivity contribution is -0.0266. The second kappa shape index (κ2) is 6.30. The van der Waals surface area contributed by atoms with Gasteiger partial charge in [-0.05, 0) is 11.6 Å². The molecule has 4 nitrogen and oxygen atoms in total. The van der Waals surface area contributed by atoms with E-state index in [0.29, 0.717) is 11.8 Å². The van der Waals surface area contributed by atoms with E-state index in [-0.39, 0.29) is 17.9 Å². The van der Waals surface area contributed by atoms with E-state index in [1.165, 1.54) is 24.7 Å². The third-order valence-electron chi connectivity index (χ3n) is 3.21. The molecule has 0 atom stereocenters. The fourth-order valence-corrected chi connectivity index (χ4v) is 2.11. The highest BCUT2D eigenvalue weighted by Gasteiger charge is 2.23. The first kappa shape index (κ1) is 14.1. The summed E-state index contributed by atoms with van der Waals surface area (Å²) in [6.07, 6.45) is 2.47. The summed E-state index contributed by atoms with van der Waals surface area (Å²) in [6.45, 7) is 0.272. The molecule has 2 aromatic rings. The van der Waals surface area contributed by atoms with Crippen LogP contribution in [0.2, 0.25) is 0 Å². The van der Waals surface area contributed by atoms with E-state index in [1.54, 1.807) is 0 Å². The first-order chi connectivity index (χ1) is 10.8. The van der Waals surface area contributed by atoms with Gasteiger partial charge in [0.25, 0.3) is 6.29 Å². The molecule has 0 saturated carbocycles. The molecular weight excluding hydrogens is 287 g/mol. The van der Waals surface area contributed by atoms with Gasteiger partial charge in [-0.25, -0.2) is 4.39 Å². The van der Waals surface area contributed by atoms with Crippen LogP contribution in [-0.2, 0) is 16.1 Å². The lowest BCUT2D eigenvalue weighted by Gasteiger charge is -2.17. The number of rotatable bonds is 5. The molecule has 0 fully saturated rings. The van der Waals surface area contributed by atoms with Crippen molar-refractivity contribution in [3.8, 4) is 5.75 Å². The van der Waals surface area contributed by atoms with Gasteiger partial charge in [0, 0.05) is 6.07 Å². The van der Waals surface area contributed by atoms with Gasteiger partial charge in [0.05, 0.1) is 11.1 Å². The Labute approximate surface area is 126 Å². The Morgan fingerprint density at radius 2 is 1.86 bits per heavy atom. The van der Waals surface area contributed by atoms with Crippen LogP contribution in [0.25, 0.3) is 0 Å².